The molecule has 76 valence electrons. The van der Waals surface area contributed by atoms with Gasteiger partial charge in [0.15, 0.2) is 11.6 Å². The van der Waals surface area contributed by atoms with Crippen LogP contribution >= 0.6 is 0 Å². The zero-order chi connectivity index (χ0) is 10.3. The lowest BCUT2D eigenvalue weighted by molar-refractivity contribution is 0.746. The second-order valence-corrected chi connectivity index (χ2v) is 3.49. The number of fused-ring (bicyclic) bond motifs is 1. The second kappa shape index (κ2) is 3.01. The quantitative estimate of drug-likeness (QED) is 0.717. The van der Waals surface area contributed by atoms with Crippen molar-refractivity contribution in [3.63, 3.8) is 0 Å². The van der Waals surface area contributed by atoms with E-state index >= 15 is 0 Å². The van der Waals surface area contributed by atoms with Crippen LogP contribution in [0.2, 0.25) is 0 Å². The summed E-state index contributed by atoms with van der Waals surface area (Å²) in [5.74, 6) is 2.14. The summed E-state index contributed by atoms with van der Waals surface area (Å²) in [4.78, 5) is 8.18. The number of nitrogens with zero attached hydrogens (tertiary/aromatic N) is 5. The van der Waals surface area contributed by atoms with E-state index in [1.165, 1.54) is 0 Å². The summed E-state index contributed by atoms with van der Waals surface area (Å²) in [7, 11) is 0. The maximum absolute atomic E-state index is 5.75. The number of aromatic nitrogens is 5. The molecule has 3 rings (SSSR count). The molecule has 6 heteroatoms. The van der Waals surface area contributed by atoms with Crippen molar-refractivity contribution < 1.29 is 0 Å². The summed E-state index contributed by atoms with van der Waals surface area (Å²) in [5.41, 5.74) is 6.37. The van der Waals surface area contributed by atoms with Gasteiger partial charge in [0.05, 0.1) is 0 Å². The molecule has 0 fully saturated rings. The Morgan fingerprint density at radius 3 is 2.93 bits per heavy atom. The monoisotopic (exact) mass is 202 g/mol. The van der Waals surface area contributed by atoms with Crippen LogP contribution in [0.1, 0.15) is 12.2 Å². The van der Waals surface area contributed by atoms with E-state index in [2.05, 4.69) is 24.7 Å². The van der Waals surface area contributed by atoms with E-state index in [0.29, 0.717) is 11.5 Å². The standard InChI is InChI=1S/C9H10N6/c10-8-7(11-3-4-12-8)9-14-13-6-2-1-5-15(6)9/h3-4H,1-2,5H2,(H2,10,12). The van der Waals surface area contributed by atoms with E-state index in [0.717, 1.165) is 31.0 Å². The summed E-state index contributed by atoms with van der Waals surface area (Å²) in [6.45, 7) is 0.938. The van der Waals surface area contributed by atoms with Gasteiger partial charge in [0.1, 0.15) is 11.5 Å². The van der Waals surface area contributed by atoms with Gasteiger partial charge in [0.2, 0.25) is 0 Å². The first kappa shape index (κ1) is 8.34. The third kappa shape index (κ3) is 1.18. The predicted molar refractivity (Wildman–Crippen MR) is 53.8 cm³/mol. The van der Waals surface area contributed by atoms with Crippen molar-refractivity contribution in [2.75, 3.05) is 5.73 Å². The van der Waals surface area contributed by atoms with Crippen LogP contribution in [-0.2, 0) is 13.0 Å². The van der Waals surface area contributed by atoms with Crippen molar-refractivity contribution in [2.45, 2.75) is 19.4 Å². The van der Waals surface area contributed by atoms with E-state index in [1.807, 2.05) is 0 Å². The molecule has 2 aromatic rings. The smallest absolute Gasteiger partial charge is 0.186 e. The van der Waals surface area contributed by atoms with Crippen LogP contribution in [0.4, 0.5) is 5.82 Å². The number of nitrogens with two attached hydrogens (primary N) is 1. The zero-order valence-electron chi connectivity index (χ0n) is 8.09. The highest BCUT2D eigenvalue weighted by Crippen LogP contribution is 2.23. The van der Waals surface area contributed by atoms with E-state index < -0.39 is 0 Å². The number of rotatable bonds is 1. The maximum Gasteiger partial charge on any atom is 0.186 e. The van der Waals surface area contributed by atoms with Crippen molar-refractivity contribution in [1.82, 2.24) is 24.7 Å². The lowest BCUT2D eigenvalue weighted by atomic mass is 10.3. The normalized spacial score (nSPS) is 14.1. The Morgan fingerprint density at radius 1 is 1.20 bits per heavy atom. The Balaban J connectivity index is 2.17. The molecular formula is C9H10N6. The summed E-state index contributed by atoms with van der Waals surface area (Å²) < 4.78 is 2.06. The molecule has 0 atom stereocenters. The Labute approximate surface area is 86.2 Å². The maximum atomic E-state index is 5.75. The Kier molecular flexibility index (Phi) is 1.67. The number of nitrogen functional groups attached to an aromatic ring is 1. The molecule has 6 nitrogen and oxygen atoms in total. The topological polar surface area (TPSA) is 82.5 Å². The van der Waals surface area contributed by atoms with Crippen molar-refractivity contribution in [2.24, 2.45) is 0 Å². The number of hydrogen-bond donors (Lipinski definition) is 1. The highest BCUT2D eigenvalue weighted by Gasteiger charge is 2.20. The molecule has 0 radical (unpaired) electrons. The van der Waals surface area contributed by atoms with Crippen LogP contribution in [-0.4, -0.2) is 24.7 Å². The Hall–Kier alpha value is -1.98. The van der Waals surface area contributed by atoms with Gasteiger partial charge in [-0.15, -0.1) is 10.2 Å². The lowest BCUT2D eigenvalue weighted by Crippen LogP contribution is -2.02. The fraction of sp³-hybridized carbons (Fsp3) is 0.333. The lowest BCUT2D eigenvalue weighted by Gasteiger charge is -2.03. The van der Waals surface area contributed by atoms with Gasteiger partial charge in [-0.05, 0) is 6.42 Å². The molecule has 0 aliphatic carbocycles. The van der Waals surface area contributed by atoms with Gasteiger partial charge >= 0.3 is 0 Å². The van der Waals surface area contributed by atoms with E-state index in [1.54, 1.807) is 12.4 Å². The third-order valence-corrected chi connectivity index (χ3v) is 2.55. The van der Waals surface area contributed by atoms with Gasteiger partial charge < -0.3 is 10.3 Å². The first-order valence-electron chi connectivity index (χ1n) is 4.85. The van der Waals surface area contributed by atoms with E-state index in [-0.39, 0.29) is 0 Å². The van der Waals surface area contributed by atoms with Crippen LogP contribution in [0.15, 0.2) is 12.4 Å². The molecule has 0 unspecified atom stereocenters. The highest BCUT2D eigenvalue weighted by atomic mass is 15.3. The molecule has 0 aromatic carbocycles. The second-order valence-electron chi connectivity index (χ2n) is 3.49. The first-order valence-corrected chi connectivity index (χ1v) is 4.85. The van der Waals surface area contributed by atoms with Gasteiger partial charge in [0.25, 0.3) is 0 Å². The largest absolute Gasteiger partial charge is 0.382 e. The number of hydrogen-bond acceptors (Lipinski definition) is 5. The average Bonchev–Trinajstić information content (AvgIpc) is 2.80. The van der Waals surface area contributed by atoms with Crippen molar-refractivity contribution in [3.05, 3.63) is 18.2 Å². The molecule has 0 spiro atoms. The average molecular weight is 202 g/mol. The molecule has 0 saturated carbocycles. The fourth-order valence-corrected chi connectivity index (χ4v) is 1.85. The molecule has 0 bridgehead atoms. The minimum absolute atomic E-state index is 0.402. The Bertz CT molecular complexity index is 503. The minimum atomic E-state index is 0.402. The van der Waals surface area contributed by atoms with E-state index in [9.17, 15) is 0 Å². The molecule has 0 amide bonds. The van der Waals surface area contributed by atoms with Crippen LogP contribution in [0.5, 0.6) is 0 Å². The van der Waals surface area contributed by atoms with Crippen LogP contribution < -0.4 is 5.73 Å². The molecule has 3 heterocycles. The number of aryl methyl sites for hydroxylation is 1. The van der Waals surface area contributed by atoms with Gasteiger partial charge in [0, 0.05) is 25.4 Å². The fourth-order valence-electron chi connectivity index (χ4n) is 1.85. The van der Waals surface area contributed by atoms with Crippen molar-refractivity contribution in [1.29, 1.82) is 0 Å². The predicted octanol–water partition coefficient (Wildman–Crippen LogP) is 0.263. The van der Waals surface area contributed by atoms with Gasteiger partial charge in [-0.2, -0.15) is 0 Å². The molecule has 0 saturated heterocycles. The molecule has 1 aliphatic rings. The minimum Gasteiger partial charge on any atom is -0.382 e. The summed E-state index contributed by atoms with van der Waals surface area (Å²) in [6, 6.07) is 0. The third-order valence-electron chi connectivity index (χ3n) is 2.55. The molecular weight excluding hydrogens is 192 g/mol. The van der Waals surface area contributed by atoms with Crippen LogP contribution in [0.3, 0.4) is 0 Å². The molecule has 15 heavy (non-hydrogen) atoms. The van der Waals surface area contributed by atoms with E-state index in [4.69, 9.17) is 5.73 Å². The van der Waals surface area contributed by atoms with Gasteiger partial charge in [-0.25, -0.2) is 9.97 Å². The summed E-state index contributed by atoms with van der Waals surface area (Å²) in [5, 5.41) is 8.20. The van der Waals surface area contributed by atoms with Crippen molar-refractivity contribution >= 4 is 5.82 Å². The van der Waals surface area contributed by atoms with Crippen molar-refractivity contribution in [3.8, 4) is 11.5 Å². The van der Waals surface area contributed by atoms with Crippen LogP contribution in [0.25, 0.3) is 11.5 Å². The molecule has 2 aromatic heterocycles. The molecule has 1 aliphatic heterocycles. The van der Waals surface area contributed by atoms with Gasteiger partial charge in [-0.3, -0.25) is 0 Å². The Morgan fingerprint density at radius 2 is 2.07 bits per heavy atom. The molecule has 2 N–H and O–H groups in total. The summed E-state index contributed by atoms with van der Waals surface area (Å²) >= 11 is 0. The number of anilines is 1. The zero-order valence-corrected chi connectivity index (χ0v) is 8.09. The highest BCUT2D eigenvalue weighted by molar-refractivity contribution is 5.63. The van der Waals surface area contributed by atoms with Gasteiger partial charge in [-0.1, -0.05) is 0 Å². The summed E-state index contributed by atoms with van der Waals surface area (Å²) in [6.07, 6.45) is 5.27. The first-order chi connectivity index (χ1) is 7.36. The SMILES string of the molecule is Nc1nccnc1-c1nnc2n1CCC2. The van der Waals surface area contributed by atoms with Crippen LogP contribution in [0, 0.1) is 0 Å².